The van der Waals surface area contributed by atoms with E-state index in [-0.39, 0.29) is 29.2 Å². The van der Waals surface area contributed by atoms with Gasteiger partial charge in [0.25, 0.3) is 0 Å². The van der Waals surface area contributed by atoms with Gasteiger partial charge >= 0.3 is 0 Å². The van der Waals surface area contributed by atoms with Gasteiger partial charge in [0.05, 0.1) is 24.5 Å². The smallest absolute Gasteiger partial charge is 0.230 e. The molecular formula is C19H27N3O4. The molecule has 4 heterocycles. The molecule has 4 aliphatic rings. The van der Waals surface area contributed by atoms with Crippen LogP contribution < -0.4 is 5.32 Å². The Balaban J connectivity index is 1.57. The molecule has 4 aliphatic heterocycles. The summed E-state index contributed by atoms with van der Waals surface area (Å²) in [6.07, 6.45) is 3.90. The van der Waals surface area contributed by atoms with E-state index >= 15 is 0 Å². The second kappa shape index (κ2) is 5.81. The summed E-state index contributed by atoms with van der Waals surface area (Å²) in [4.78, 5) is 41.5. The lowest BCUT2D eigenvalue weighted by atomic mass is 9.76. The second-order valence-electron chi connectivity index (χ2n) is 9.08. The lowest BCUT2D eigenvalue weighted by Crippen LogP contribution is -2.47. The molecule has 3 fully saturated rings. The Kier molecular flexibility index (Phi) is 3.91. The van der Waals surface area contributed by atoms with Crippen molar-refractivity contribution in [1.29, 1.82) is 0 Å². The molecule has 4 atom stereocenters. The van der Waals surface area contributed by atoms with Crippen LogP contribution in [-0.2, 0) is 19.1 Å². The minimum absolute atomic E-state index is 0.0109. The zero-order valence-electron chi connectivity index (χ0n) is 15.7. The van der Waals surface area contributed by atoms with Crippen molar-refractivity contribution < 1.29 is 19.1 Å². The summed E-state index contributed by atoms with van der Waals surface area (Å²) in [6.45, 7) is 8.81. The van der Waals surface area contributed by atoms with Gasteiger partial charge < -0.3 is 19.9 Å². The lowest BCUT2D eigenvalue weighted by molar-refractivity contribution is -0.143. The van der Waals surface area contributed by atoms with Crippen LogP contribution in [0.1, 0.15) is 27.2 Å². The average molecular weight is 361 g/mol. The summed E-state index contributed by atoms with van der Waals surface area (Å²) in [5.41, 5.74) is -0.670. The van der Waals surface area contributed by atoms with E-state index in [2.05, 4.69) is 26.1 Å². The third kappa shape index (κ3) is 2.73. The standard InChI is InChI=1S/C19H27N3O4/c1-18(2,3)10-22-11-19-6-4-12(26-19)14(15(19)17(22)25)16(24)21-8-5-13(23)20-7-9-21/h4,6,12,14-15H,5,7-11H2,1-3H3,(H,20,23)/t12-,14?,15?,19-/m1/s1. The number of nitrogens with one attached hydrogen (secondary N) is 1. The maximum Gasteiger partial charge on any atom is 0.230 e. The molecule has 2 unspecified atom stereocenters. The average Bonchev–Trinajstić information content (AvgIpc) is 3.10. The topological polar surface area (TPSA) is 79.0 Å². The minimum Gasteiger partial charge on any atom is -0.360 e. The number of carbonyl (C=O) groups is 3. The van der Waals surface area contributed by atoms with Crippen molar-refractivity contribution in [2.75, 3.05) is 32.7 Å². The second-order valence-corrected chi connectivity index (χ2v) is 9.08. The van der Waals surface area contributed by atoms with Crippen molar-refractivity contribution >= 4 is 17.7 Å². The van der Waals surface area contributed by atoms with Gasteiger partial charge in [0.2, 0.25) is 17.7 Å². The third-order valence-corrected chi connectivity index (χ3v) is 5.75. The normalized spacial score (nSPS) is 36.3. The molecule has 4 rings (SSSR count). The molecule has 142 valence electrons. The Bertz CT molecular complexity index is 683. The van der Waals surface area contributed by atoms with E-state index in [1.807, 2.05) is 17.1 Å². The minimum atomic E-state index is -0.659. The maximum absolute atomic E-state index is 13.2. The van der Waals surface area contributed by atoms with Crippen LogP contribution >= 0.6 is 0 Å². The molecule has 1 spiro atoms. The zero-order chi connectivity index (χ0) is 18.7. The Labute approximate surface area is 153 Å². The fourth-order valence-corrected chi connectivity index (χ4v) is 4.76. The summed E-state index contributed by atoms with van der Waals surface area (Å²) in [5, 5.41) is 2.79. The molecule has 0 radical (unpaired) electrons. The van der Waals surface area contributed by atoms with Crippen LogP contribution in [0.3, 0.4) is 0 Å². The van der Waals surface area contributed by atoms with Gasteiger partial charge in [-0.25, -0.2) is 0 Å². The number of ether oxygens (including phenoxy) is 1. The van der Waals surface area contributed by atoms with Crippen molar-refractivity contribution in [3.8, 4) is 0 Å². The quantitative estimate of drug-likeness (QED) is 0.711. The SMILES string of the molecule is CC(C)(C)CN1C[C@@]23C=C[C@@H](O2)C(C(=O)N2CCNC(=O)CC2)C3C1=O. The van der Waals surface area contributed by atoms with E-state index in [0.29, 0.717) is 39.1 Å². The van der Waals surface area contributed by atoms with E-state index in [0.717, 1.165) is 0 Å². The summed E-state index contributed by atoms with van der Waals surface area (Å²) in [7, 11) is 0. The molecule has 0 aromatic heterocycles. The summed E-state index contributed by atoms with van der Waals surface area (Å²) < 4.78 is 6.17. The maximum atomic E-state index is 13.2. The van der Waals surface area contributed by atoms with E-state index in [9.17, 15) is 14.4 Å². The van der Waals surface area contributed by atoms with Crippen molar-refractivity contribution in [3.63, 3.8) is 0 Å². The number of hydrogen-bond donors (Lipinski definition) is 1. The third-order valence-electron chi connectivity index (χ3n) is 5.75. The first-order valence-electron chi connectivity index (χ1n) is 9.42. The summed E-state index contributed by atoms with van der Waals surface area (Å²) in [6, 6.07) is 0. The molecule has 0 saturated carbocycles. The van der Waals surface area contributed by atoms with Crippen molar-refractivity contribution in [1.82, 2.24) is 15.1 Å². The first kappa shape index (κ1) is 17.5. The molecule has 1 N–H and O–H groups in total. The van der Waals surface area contributed by atoms with E-state index in [1.165, 1.54) is 0 Å². The van der Waals surface area contributed by atoms with Crippen molar-refractivity contribution in [2.45, 2.75) is 38.9 Å². The highest BCUT2D eigenvalue weighted by Crippen LogP contribution is 2.52. The number of rotatable bonds is 2. The molecule has 2 bridgehead atoms. The van der Waals surface area contributed by atoms with Gasteiger partial charge in [-0.3, -0.25) is 14.4 Å². The summed E-state index contributed by atoms with van der Waals surface area (Å²) in [5.74, 6) is -0.998. The Morgan fingerprint density at radius 1 is 1.35 bits per heavy atom. The fourth-order valence-electron chi connectivity index (χ4n) is 4.76. The van der Waals surface area contributed by atoms with Crippen LogP contribution in [0.4, 0.5) is 0 Å². The highest BCUT2D eigenvalue weighted by Gasteiger charge is 2.67. The Morgan fingerprint density at radius 2 is 2.12 bits per heavy atom. The monoisotopic (exact) mass is 361 g/mol. The Morgan fingerprint density at radius 3 is 2.85 bits per heavy atom. The van der Waals surface area contributed by atoms with Gasteiger partial charge in [0.1, 0.15) is 5.60 Å². The number of amides is 3. The zero-order valence-corrected chi connectivity index (χ0v) is 15.7. The van der Waals surface area contributed by atoms with E-state index in [1.54, 1.807) is 4.90 Å². The first-order valence-corrected chi connectivity index (χ1v) is 9.42. The predicted molar refractivity (Wildman–Crippen MR) is 94.0 cm³/mol. The van der Waals surface area contributed by atoms with Crippen LogP contribution in [0.2, 0.25) is 0 Å². The van der Waals surface area contributed by atoms with Gasteiger partial charge in [-0.1, -0.05) is 32.9 Å². The van der Waals surface area contributed by atoms with Crippen LogP contribution in [-0.4, -0.2) is 72.0 Å². The number of hydrogen-bond acceptors (Lipinski definition) is 4. The van der Waals surface area contributed by atoms with Crippen LogP contribution in [0.15, 0.2) is 12.2 Å². The van der Waals surface area contributed by atoms with Gasteiger partial charge in [-0.2, -0.15) is 0 Å². The van der Waals surface area contributed by atoms with E-state index in [4.69, 9.17) is 4.74 Å². The van der Waals surface area contributed by atoms with Crippen molar-refractivity contribution in [2.24, 2.45) is 17.3 Å². The number of likely N-dealkylation sites (tertiary alicyclic amines) is 1. The Hall–Kier alpha value is -1.89. The highest BCUT2D eigenvalue weighted by molar-refractivity contribution is 5.93. The number of fused-ring (bicyclic) bond motifs is 1. The summed E-state index contributed by atoms with van der Waals surface area (Å²) >= 11 is 0. The lowest BCUT2D eigenvalue weighted by Gasteiger charge is -2.30. The van der Waals surface area contributed by atoms with Gasteiger partial charge in [0, 0.05) is 32.6 Å². The molecule has 3 saturated heterocycles. The molecule has 0 aromatic rings. The van der Waals surface area contributed by atoms with Crippen LogP contribution in [0.5, 0.6) is 0 Å². The molecule has 7 nitrogen and oxygen atoms in total. The largest absolute Gasteiger partial charge is 0.360 e. The van der Waals surface area contributed by atoms with Gasteiger partial charge in [-0.15, -0.1) is 0 Å². The highest BCUT2D eigenvalue weighted by atomic mass is 16.5. The molecule has 7 heteroatoms. The fraction of sp³-hybridized carbons (Fsp3) is 0.737. The molecule has 26 heavy (non-hydrogen) atoms. The van der Waals surface area contributed by atoms with Crippen LogP contribution in [0, 0.1) is 17.3 Å². The van der Waals surface area contributed by atoms with E-state index < -0.39 is 17.4 Å². The number of carbonyl (C=O) groups excluding carboxylic acids is 3. The van der Waals surface area contributed by atoms with Crippen molar-refractivity contribution in [3.05, 3.63) is 12.2 Å². The molecular weight excluding hydrogens is 334 g/mol. The van der Waals surface area contributed by atoms with Crippen LogP contribution in [0.25, 0.3) is 0 Å². The number of nitrogens with zero attached hydrogens (tertiary/aromatic N) is 2. The van der Waals surface area contributed by atoms with Gasteiger partial charge in [-0.05, 0) is 5.41 Å². The molecule has 0 aliphatic carbocycles. The molecule has 3 amide bonds. The van der Waals surface area contributed by atoms with Gasteiger partial charge in [0.15, 0.2) is 0 Å². The predicted octanol–water partition coefficient (Wildman–Crippen LogP) is 0.163. The molecule has 0 aromatic carbocycles. The first-order chi connectivity index (χ1) is 12.2.